The van der Waals surface area contributed by atoms with Crippen LogP contribution in [0.15, 0.2) is 18.2 Å². The summed E-state index contributed by atoms with van der Waals surface area (Å²) in [5, 5.41) is 0. The van der Waals surface area contributed by atoms with E-state index in [0.29, 0.717) is 17.1 Å². The van der Waals surface area contributed by atoms with E-state index >= 15 is 0 Å². The van der Waals surface area contributed by atoms with Crippen molar-refractivity contribution in [1.29, 1.82) is 0 Å². The zero-order valence-electron chi connectivity index (χ0n) is 10.6. The molecule has 0 heterocycles. The van der Waals surface area contributed by atoms with E-state index in [1.54, 1.807) is 18.2 Å². The van der Waals surface area contributed by atoms with E-state index in [1.165, 1.54) is 14.2 Å². The number of rotatable bonds is 6. The van der Waals surface area contributed by atoms with Gasteiger partial charge in [-0.3, -0.25) is 11.3 Å². The molecule has 6 nitrogen and oxygen atoms in total. The molecule has 0 radical (unpaired) electrons. The Morgan fingerprint density at radius 2 is 1.72 bits per heavy atom. The highest BCUT2D eigenvalue weighted by Crippen LogP contribution is 2.26. The molecule has 1 atom stereocenters. The van der Waals surface area contributed by atoms with Gasteiger partial charge in [-0.25, -0.2) is 8.42 Å². The third-order valence-electron chi connectivity index (χ3n) is 2.45. The van der Waals surface area contributed by atoms with Crippen molar-refractivity contribution in [3.63, 3.8) is 0 Å². The first kappa shape index (κ1) is 14.7. The van der Waals surface area contributed by atoms with Gasteiger partial charge in [-0.05, 0) is 17.7 Å². The third-order valence-corrected chi connectivity index (χ3v) is 3.39. The molecular weight excluding hydrogens is 256 g/mol. The lowest BCUT2D eigenvalue weighted by molar-refractivity contribution is 0.392. The quantitative estimate of drug-likeness (QED) is 0.571. The normalized spacial score (nSPS) is 13.1. The Hall–Kier alpha value is -1.31. The van der Waals surface area contributed by atoms with Crippen LogP contribution in [0.3, 0.4) is 0 Å². The summed E-state index contributed by atoms with van der Waals surface area (Å²) in [7, 11) is -0.0913. The number of ether oxygens (including phenoxy) is 2. The molecule has 1 aromatic carbocycles. The van der Waals surface area contributed by atoms with Crippen LogP contribution in [0.1, 0.15) is 11.6 Å². The van der Waals surface area contributed by atoms with E-state index in [-0.39, 0.29) is 5.75 Å². The number of nitrogens with two attached hydrogens (primary N) is 1. The summed E-state index contributed by atoms with van der Waals surface area (Å²) in [5.74, 6) is 6.46. The van der Waals surface area contributed by atoms with Gasteiger partial charge in [0, 0.05) is 12.3 Å². The molecule has 1 aromatic rings. The average Bonchev–Trinajstić information content (AvgIpc) is 2.34. The molecule has 3 N–H and O–H groups in total. The number of sulfone groups is 1. The monoisotopic (exact) mass is 274 g/mol. The summed E-state index contributed by atoms with van der Waals surface area (Å²) < 4.78 is 32.9. The van der Waals surface area contributed by atoms with Crippen molar-refractivity contribution in [2.45, 2.75) is 6.04 Å². The van der Waals surface area contributed by atoms with E-state index in [2.05, 4.69) is 5.43 Å². The van der Waals surface area contributed by atoms with Crippen molar-refractivity contribution in [3.8, 4) is 11.5 Å². The second kappa shape index (κ2) is 6.03. The molecule has 0 aliphatic carbocycles. The van der Waals surface area contributed by atoms with Crippen LogP contribution in [0.5, 0.6) is 11.5 Å². The summed E-state index contributed by atoms with van der Waals surface area (Å²) in [6.45, 7) is 0. The lowest BCUT2D eigenvalue weighted by atomic mass is 10.1. The second-order valence-electron chi connectivity index (χ2n) is 3.96. The predicted molar refractivity (Wildman–Crippen MR) is 69.3 cm³/mol. The fourth-order valence-corrected chi connectivity index (χ4v) is 2.47. The highest BCUT2D eigenvalue weighted by molar-refractivity contribution is 7.90. The smallest absolute Gasteiger partial charge is 0.149 e. The van der Waals surface area contributed by atoms with Crippen molar-refractivity contribution in [3.05, 3.63) is 23.8 Å². The third kappa shape index (κ3) is 4.17. The Kier molecular flexibility index (Phi) is 4.94. The standard InChI is InChI=1S/C11H18N2O4S/c1-16-9-4-8(5-10(6-9)17-2)11(13-12)7-18(3,14)15/h4-6,11,13H,7,12H2,1-3H3. The Balaban J connectivity index is 3.12. The van der Waals surface area contributed by atoms with Gasteiger partial charge in [-0.2, -0.15) is 0 Å². The molecule has 0 saturated carbocycles. The van der Waals surface area contributed by atoms with Crippen LogP contribution in [-0.4, -0.2) is 34.6 Å². The maximum absolute atomic E-state index is 11.3. The van der Waals surface area contributed by atoms with E-state index in [1.807, 2.05) is 0 Å². The molecule has 0 spiro atoms. The SMILES string of the molecule is COc1cc(OC)cc(C(CS(C)(=O)=O)NN)c1. The maximum atomic E-state index is 11.3. The number of nitrogens with one attached hydrogen (secondary N) is 1. The lowest BCUT2D eigenvalue weighted by Gasteiger charge is -2.17. The molecule has 1 unspecified atom stereocenters. The first-order valence-electron chi connectivity index (χ1n) is 5.26. The van der Waals surface area contributed by atoms with Gasteiger partial charge in [-0.15, -0.1) is 0 Å². The molecule has 18 heavy (non-hydrogen) atoms. The molecule has 0 saturated heterocycles. The summed E-state index contributed by atoms with van der Waals surface area (Å²) in [6, 6.07) is 4.64. The van der Waals surface area contributed by atoms with Crippen molar-refractivity contribution in [1.82, 2.24) is 5.43 Å². The van der Waals surface area contributed by atoms with Gasteiger partial charge in [0.2, 0.25) is 0 Å². The predicted octanol–water partition coefficient (Wildman–Crippen LogP) is 0.253. The van der Waals surface area contributed by atoms with Crippen molar-refractivity contribution in [2.24, 2.45) is 5.84 Å². The van der Waals surface area contributed by atoms with Gasteiger partial charge in [0.25, 0.3) is 0 Å². The minimum Gasteiger partial charge on any atom is -0.497 e. The topological polar surface area (TPSA) is 90.6 Å². The molecule has 102 valence electrons. The minimum absolute atomic E-state index is 0.0974. The van der Waals surface area contributed by atoms with Crippen LogP contribution in [0.25, 0.3) is 0 Å². The molecule has 0 bridgehead atoms. The van der Waals surface area contributed by atoms with Gasteiger partial charge in [-0.1, -0.05) is 0 Å². The summed E-state index contributed by atoms with van der Waals surface area (Å²) >= 11 is 0. The van der Waals surface area contributed by atoms with Crippen LogP contribution in [0.2, 0.25) is 0 Å². The van der Waals surface area contributed by atoms with Crippen LogP contribution >= 0.6 is 0 Å². The molecule has 0 fully saturated rings. The van der Waals surface area contributed by atoms with Crippen LogP contribution < -0.4 is 20.7 Å². The van der Waals surface area contributed by atoms with Crippen molar-refractivity contribution >= 4 is 9.84 Å². The molecular formula is C11H18N2O4S. The fourth-order valence-electron chi connectivity index (χ4n) is 1.57. The van der Waals surface area contributed by atoms with E-state index < -0.39 is 15.9 Å². The molecule has 1 rings (SSSR count). The van der Waals surface area contributed by atoms with Gasteiger partial charge in [0.1, 0.15) is 21.3 Å². The second-order valence-corrected chi connectivity index (χ2v) is 6.14. The van der Waals surface area contributed by atoms with Gasteiger partial charge < -0.3 is 9.47 Å². The highest BCUT2D eigenvalue weighted by atomic mass is 32.2. The minimum atomic E-state index is -3.15. The molecule has 0 aromatic heterocycles. The Morgan fingerprint density at radius 1 is 1.22 bits per heavy atom. The zero-order chi connectivity index (χ0) is 13.8. The van der Waals surface area contributed by atoms with Gasteiger partial charge >= 0.3 is 0 Å². The van der Waals surface area contributed by atoms with E-state index in [9.17, 15) is 8.42 Å². The number of hydrogen-bond donors (Lipinski definition) is 2. The Morgan fingerprint density at radius 3 is 2.06 bits per heavy atom. The van der Waals surface area contributed by atoms with E-state index in [0.717, 1.165) is 6.26 Å². The fraction of sp³-hybridized carbons (Fsp3) is 0.455. The van der Waals surface area contributed by atoms with Gasteiger partial charge in [0.15, 0.2) is 0 Å². The van der Waals surface area contributed by atoms with Crippen molar-refractivity contribution in [2.75, 3.05) is 26.2 Å². The summed E-state index contributed by atoms with van der Waals surface area (Å²) in [5.41, 5.74) is 3.18. The lowest BCUT2D eigenvalue weighted by Crippen LogP contribution is -2.33. The summed E-state index contributed by atoms with van der Waals surface area (Å²) in [6.07, 6.45) is 1.16. The largest absolute Gasteiger partial charge is 0.497 e. The molecule has 0 amide bonds. The average molecular weight is 274 g/mol. The zero-order valence-corrected chi connectivity index (χ0v) is 11.5. The highest BCUT2D eigenvalue weighted by Gasteiger charge is 2.17. The number of hydrazine groups is 1. The van der Waals surface area contributed by atoms with Crippen LogP contribution in [0, 0.1) is 0 Å². The maximum Gasteiger partial charge on any atom is 0.149 e. The van der Waals surface area contributed by atoms with E-state index in [4.69, 9.17) is 15.3 Å². The van der Waals surface area contributed by atoms with Crippen LogP contribution in [0.4, 0.5) is 0 Å². The molecule has 0 aliphatic rings. The summed E-state index contributed by atoms with van der Waals surface area (Å²) in [4.78, 5) is 0. The number of benzene rings is 1. The number of hydrogen-bond acceptors (Lipinski definition) is 6. The Bertz CT molecular complexity index is 480. The first-order chi connectivity index (χ1) is 8.39. The van der Waals surface area contributed by atoms with Crippen LogP contribution in [-0.2, 0) is 9.84 Å². The van der Waals surface area contributed by atoms with Gasteiger partial charge in [0.05, 0.1) is 26.0 Å². The first-order valence-corrected chi connectivity index (χ1v) is 7.32. The van der Waals surface area contributed by atoms with Crippen molar-refractivity contribution < 1.29 is 17.9 Å². The molecule has 0 aliphatic heterocycles. The molecule has 7 heteroatoms. The Labute approximate surface area is 107 Å². The number of methoxy groups -OCH3 is 2.